The maximum Gasteiger partial charge on any atom is 0.272 e. The molecule has 1 aromatic heterocycles. The Bertz CT molecular complexity index is 803. The van der Waals surface area contributed by atoms with Crippen LogP contribution in [0.15, 0.2) is 36.7 Å². The molecule has 4 heteroatoms. The van der Waals surface area contributed by atoms with E-state index < -0.39 is 0 Å². The second-order valence-corrected chi connectivity index (χ2v) is 8.71. The fraction of sp³-hybridized carbons (Fsp3) is 0.524. The van der Waals surface area contributed by atoms with Crippen LogP contribution in [0.5, 0.6) is 0 Å². The van der Waals surface area contributed by atoms with Crippen LogP contribution in [0, 0.1) is 23.7 Å². The molecule has 0 aliphatic heterocycles. The first-order valence-corrected chi connectivity index (χ1v) is 9.23. The van der Waals surface area contributed by atoms with E-state index in [9.17, 15) is 4.79 Å². The van der Waals surface area contributed by atoms with Gasteiger partial charge >= 0.3 is 0 Å². The fourth-order valence-corrected chi connectivity index (χ4v) is 5.34. The van der Waals surface area contributed by atoms with Gasteiger partial charge in [-0.3, -0.25) is 4.79 Å². The predicted molar refractivity (Wildman–Crippen MR) is 98.8 cm³/mol. The number of fused-ring (bicyclic) bond motifs is 2. The number of hydrogen-bond acceptors (Lipinski definition) is 2. The number of nitrogens with one attached hydrogen (secondary N) is 1. The second-order valence-electron chi connectivity index (χ2n) is 8.71. The number of hydrogen-bond donors (Lipinski definition) is 1. The van der Waals surface area contributed by atoms with E-state index >= 15 is 0 Å². The second kappa shape index (κ2) is 5.45. The molecule has 1 amide bonds. The summed E-state index contributed by atoms with van der Waals surface area (Å²) in [4.78, 5) is 17.4. The quantitative estimate of drug-likeness (QED) is 0.915. The molecule has 0 unspecified atom stereocenters. The first-order chi connectivity index (χ1) is 11.8. The van der Waals surface area contributed by atoms with Crippen LogP contribution in [-0.4, -0.2) is 21.5 Å². The van der Waals surface area contributed by atoms with Crippen LogP contribution < -0.4 is 5.32 Å². The molecule has 2 aliphatic carbocycles. The number of amides is 1. The highest BCUT2D eigenvalue weighted by molar-refractivity contribution is 5.93. The number of aromatic nitrogens is 2. The summed E-state index contributed by atoms with van der Waals surface area (Å²) < 4.78 is 1.97. The lowest BCUT2D eigenvalue weighted by molar-refractivity contribution is 0.0733. The summed E-state index contributed by atoms with van der Waals surface area (Å²) in [6.45, 7) is 8.91. The smallest absolute Gasteiger partial charge is 0.272 e. The van der Waals surface area contributed by atoms with Crippen LogP contribution in [0.4, 0.5) is 0 Å². The molecule has 0 saturated heterocycles. The number of carbonyl (C=O) groups excluding carboxylic acids is 1. The molecule has 1 N–H and O–H groups in total. The summed E-state index contributed by atoms with van der Waals surface area (Å²) in [5.74, 6) is 0.671. The molecule has 4 nitrogen and oxygen atoms in total. The Hall–Kier alpha value is -2.10. The van der Waals surface area contributed by atoms with Gasteiger partial charge in [0, 0.05) is 11.7 Å². The van der Waals surface area contributed by atoms with Gasteiger partial charge in [0.1, 0.15) is 12.0 Å². The highest BCUT2D eigenvalue weighted by Gasteiger charge is 2.59. The van der Waals surface area contributed by atoms with Crippen molar-refractivity contribution in [2.24, 2.45) is 16.7 Å². The molecule has 1 heterocycles. The molecule has 4 rings (SSSR count). The average molecular weight is 337 g/mol. The number of rotatable bonds is 3. The van der Waals surface area contributed by atoms with Gasteiger partial charge in [0.25, 0.3) is 5.91 Å². The zero-order chi connectivity index (χ0) is 17.8. The zero-order valence-corrected chi connectivity index (χ0v) is 15.5. The van der Waals surface area contributed by atoms with Gasteiger partial charge in [0.2, 0.25) is 0 Å². The van der Waals surface area contributed by atoms with Crippen molar-refractivity contribution in [3.8, 4) is 5.69 Å². The molecule has 0 radical (unpaired) electrons. The Morgan fingerprint density at radius 3 is 2.60 bits per heavy atom. The van der Waals surface area contributed by atoms with E-state index in [0.29, 0.717) is 11.6 Å². The summed E-state index contributed by atoms with van der Waals surface area (Å²) in [6, 6.07) is 10.2. The Kier molecular flexibility index (Phi) is 3.57. The lowest BCUT2D eigenvalue weighted by Gasteiger charge is -2.43. The van der Waals surface area contributed by atoms with Crippen LogP contribution in [0.25, 0.3) is 5.69 Å². The SMILES string of the molecule is Cc1c(C(=O)N[C@H]2C(C)(C)[C@@H]3CC[C@]2(C)C3)ncn1-c1ccccc1. The molecule has 3 atom stereocenters. The van der Waals surface area contributed by atoms with Crippen molar-refractivity contribution >= 4 is 5.91 Å². The molecule has 2 saturated carbocycles. The standard InChI is InChI=1S/C21H27N3O/c1-14-17(22-13-24(14)16-8-6-5-7-9-16)18(25)23-19-20(2,3)15-10-11-21(19,4)12-15/h5-9,13,15,19H,10-12H2,1-4H3,(H,23,25)/t15-,19+,21-/m1/s1. The molecule has 132 valence electrons. The van der Waals surface area contributed by atoms with E-state index in [4.69, 9.17) is 0 Å². The van der Waals surface area contributed by atoms with Crippen LogP contribution in [-0.2, 0) is 0 Å². The molecule has 25 heavy (non-hydrogen) atoms. The van der Waals surface area contributed by atoms with Crippen molar-refractivity contribution in [3.63, 3.8) is 0 Å². The number of imidazole rings is 1. The van der Waals surface area contributed by atoms with Gasteiger partial charge in [-0.25, -0.2) is 4.98 Å². The topological polar surface area (TPSA) is 46.9 Å². The molecule has 2 aliphatic rings. The Morgan fingerprint density at radius 2 is 1.96 bits per heavy atom. The normalized spacial score (nSPS) is 29.8. The minimum Gasteiger partial charge on any atom is -0.347 e. The highest BCUT2D eigenvalue weighted by atomic mass is 16.2. The third kappa shape index (κ3) is 2.42. The van der Waals surface area contributed by atoms with Gasteiger partial charge in [-0.15, -0.1) is 0 Å². The summed E-state index contributed by atoms with van der Waals surface area (Å²) in [5, 5.41) is 3.35. The number of para-hydroxylation sites is 1. The van der Waals surface area contributed by atoms with Crippen molar-refractivity contribution in [1.29, 1.82) is 0 Å². The minimum absolute atomic E-state index is 0.0426. The van der Waals surface area contributed by atoms with E-state index in [1.165, 1.54) is 19.3 Å². The molecule has 1 aromatic carbocycles. The number of benzene rings is 1. The lowest BCUT2D eigenvalue weighted by atomic mass is 9.68. The first kappa shape index (κ1) is 16.4. The molecule has 2 fully saturated rings. The van der Waals surface area contributed by atoms with E-state index in [-0.39, 0.29) is 22.8 Å². The molecular weight excluding hydrogens is 310 g/mol. The Labute approximate surface area is 149 Å². The average Bonchev–Trinajstić information content (AvgIpc) is 3.21. The van der Waals surface area contributed by atoms with Crippen molar-refractivity contribution in [2.75, 3.05) is 0 Å². The van der Waals surface area contributed by atoms with Gasteiger partial charge < -0.3 is 9.88 Å². The van der Waals surface area contributed by atoms with E-state index in [2.05, 4.69) is 31.1 Å². The van der Waals surface area contributed by atoms with Gasteiger partial charge in [-0.05, 0) is 55.1 Å². The number of carbonyl (C=O) groups is 1. The summed E-state index contributed by atoms with van der Waals surface area (Å²) in [6.07, 6.45) is 5.47. The summed E-state index contributed by atoms with van der Waals surface area (Å²) in [5.41, 5.74) is 2.82. The van der Waals surface area contributed by atoms with Gasteiger partial charge in [-0.2, -0.15) is 0 Å². The minimum atomic E-state index is -0.0426. The summed E-state index contributed by atoms with van der Waals surface area (Å²) >= 11 is 0. The van der Waals surface area contributed by atoms with Gasteiger partial charge in [0.15, 0.2) is 0 Å². The largest absolute Gasteiger partial charge is 0.347 e. The third-order valence-electron chi connectivity index (χ3n) is 6.80. The summed E-state index contributed by atoms with van der Waals surface area (Å²) in [7, 11) is 0. The van der Waals surface area contributed by atoms with Crippen LogP contribution in [0.3, 0.4) is 0 Å². The Balaban J connectivity index is 1.60. The lowest BCUT2D eigenvalue weighted by Crippen LogP contribution is -2.52. The van der Waals surface area contributed by atoms with Gasteiger partial charge in [-0.1, -0.05) is 39.0 Å². The molecular formula is C21H27N3O. The van der Waals surface area contributed by atoms with Crippen molar-refractivity contribution in [3.05, 3.63) is 48.0 Å². The van der Waals surface area contributed by atoms with E-state index in [1.807, 2.05) is 41.8 Å². The van der Waals surface area contributed by atoms with Crippen LogP contribution >= 0.6 is 0 Å². The van der Waals surface area contributed by atoms with Crippen molar-refractivity contribution < 1.29 is 4.79 Å². The van der Waals surface area contributed by atoms with Crippen molar-refractivity contribution in [2.45, 2.75) is 53.0 Å². The zero-order valence-electron chi connectivity index (χ0n) is 15.5. The molecule has 2 bridgehead atoms. The monoisotopic (exact) mass is 337 g/mol. The Morgan fingerprint density at radius 1 is 1.24 bits per heavy atom. The first-order valence-electron chi connectivity index (χ1n) is 9.23. The van der Waals surface area contributed by atoms with E-state index in [1.54, 1.807) is 6.33 Å². The predicted octanol–water partition coefficient (Wildman–Crippen LogP) is 4.13. The van der Waals surface area contributed by atoms with Gasteiger partial charge in [0.05, 0.1) is 5.69 Å². The van der Waals surface area contributed by atoms with E-state index in [0.717, 1.165) is 11.4 Å². The molecule has 0 spiro atoms. The maximum absolute atomic E-state index is 13.0. The molecule has 2 aromatic rings. The van der Waals surface area contributed by atoms with Crippen molar-refractivity contribution in [1.82, 2.24) is 14.9 Å². The fourth-order valence-electron chi connectivity index (χ4n) is 5.34. The van der Waals surface area contributed by atoms with Crippen LogP contribution in [0.1, 0.15) is 56.2 Å². The highest BCUT2D eigenvalue weighted by Crippen LogP contribution is 2.62. The third-order valence-corrected chi connectivity index (χ3v) is 6.80. The maximum atomic E-state index is 13.0. The van der Waals surface area contributed by atoms with Crippen LogP contribution in [0.2, 0.25) is 0 Å². The number of nitrogens with zero attached hydrogens (tertiary/aromatic N) is 2.